The highest BCUT2D eigenvalue weighted by atomic mass is 16.6. The fourth-order valence-electron chi connectivity index (χ4n) is 6.98. The molecule has 0 aliphatic carbocycles. The van der Waals surface area contributed by atoms with Crippen LogP contribution in [0.2, 0.25) is 0 Å². The summed E-state index contributed by atoms with van der Waals surface area (Å²) in [4.78, 5) is 36.9. The third-order valence-electron chi connectivity index (χ3n) is 10.7. The summed E-state index contributed by atoms with van der Waals surface area (Å²) in [6.07, 6.45) is 47.3. The first-order valence-electron chi connectivity index (χ1n) is 24.0. The number of nitrogens with zero attached hydrogens (tertiary/aromatic N) is 1. The van der Waals surface area contributed by atoms with E-state index in [4.69, 9.17) is 14.2 Å². The van der Waals surface area contributed by atoms with Gasteiger partial charge in [0.25, 0.3) is 0 Å². The number of esters is 2. The van der Waals surface area contributed by atoms with Gasteiger partial charge in [-0.2, -0.15) is 0 Å². The molecule has 0 aromatic heterocycles. The summed E-state index contributed by atoms with van der Waals surface area (Å²) in [6.45, 7) is 4.64. The van der Waals surface area contributed by atoms with Crippen molar-refractivity contribution in [3.8, 4) is 0 Å². The number of carbonyl (C=O) groups excluding carboxylic acids is 3. The van der Waals surface area contributed by atoms with Gasteiger partial charge in [-0.1, -0.05) is 159 Å². The number of ether oxygens (including phenoxy) is 3. The third kappa shape index (κ3) is 39.0. The monoisotopic (exact) mass is 818 g/mol. The average molecular weight is 818 g/mol. The van der Waals surface area contributed by atoms with Crippen molar-refractivity contribution in [2.75, 3.05) is 41.0 Å². The Morgan fingerprint density at radius 3 is 1.38 bits per heavy atom. The number of carboxylic acid groups (broad SMARTS) is 1. The molecule has 338 valence electrons. The molecular weight excluding hydrogens is 727 g/mol. The SMILES string of the molecule is CCCCC/C=C/C/C=C/CCCCCCCCCC(=O)OC(COCCC(C(=O)[O-])[N+](C)(C)C)COC(=O)CCCCCCCCC/C=C/CCCCCCCC. The predicted octanol–water partition coefficient (Wildman–Crippen LogP) is 12.1. The molecule has 0 aromatic carbocycles. The molecule has 0 saturated carbocycles. The molecule has 0 radical (unpaired) electrons. The van der Waals surface area contributed by atoms with Crippen LogP contribution in [0.4, 0.5) is 0 Å². The Balaban J connectivity index is 4.31. The molecule has 58 heavy (non-hydrogen) atoms. The topological polar surface area (TPSA) is 102 Å². The minimum Gasteiger partial charge on any atom is -0.544 e. The number of unbranched alkanes of at least 4 members (excludes halogenated alkanes) is 23. The highest BCUT2D eigenvalue weighted by Crippen LogP contribution is 2.14. The van der Waals surface area contributed by atoms with Crippen molar-refractivity contribution in [3.63, 3.8) is 0 Å². The van der Waals surface area contributed by atoms with Gasteiger partial charge in [0, 0.05) is 19.3 Å². The van der Waals surface area contributed by atoms with Gasteiger partial charge in [-0.05, 0) is 70.6 Å². The zero-order chi connectivity index (χ0) is 42.8. The van der Waals surface area contributed by atoms with Crippen molar-refractivity contribution in [2.24, 2.45) is 0 Å². The summed E-state index contributed by atoms with van der Waals surface area (Å²) in [7, 11) is 5.41. The lowest BCUT2D eigenvalue weighted by molar-refractivity contribution is -0.889. The molecule has 0 aliphatic heterocycles. The van der Waals surface area contributed by atoms with Crippen LogP contribution >= 0.6 is 0 Å². The zero-order valence-electron chi connectivity index (χ0n) is 38.5. The van der Waals surface area contributed by atoms with Gasteiger partial charge < -0.3 is 28.6 Å². The molecule has 0 fully saturated rings. The first kappa shape index (κ1) is 55.5. The largest absolute Gasteiger partial charge is 0.544 e. The van der Waals surface area contributed by atoms with Crippen molar-refractivity contribution in [2.45, 2.75) is 225 Å². The number of rotatable bonds is 43. The van der Waals surface area contributed by atoms with E-state index in [1.807, 2.05) is 0 Å². The lowest BCUT2D eigenvalue weighted by Crippen LogP contribution is -2.55. The van der Waals surface area contributed by atoms with Crippen molar-refractivity contribution >= 4 is 17.9 Å². The number of carbonyl (C=O) groups is 3. The van der Waals surface area contributed by atoms with Gasteiger partial charge >= 0.3 is 11.9 Å². The van der Waals surface area contributed by atoms with E-state index in [1.165, 1.54) is 128 Å². The predicted molar refractivity (Wildman–Crippen MR) is 240 cm³/mol. The van der Waals surface area contributed by atoms with Crippen LogP contribution < -0.4 is 5.11 Å². The van der Waals surface area contributed by atoms with Crippen LogP contribution in [0.25, 0.3) is 0 Å². The molecule has 2 atom stereocenters. The van der Waals surface area contributed by atoms with Gasteiger partial charge in [0.05, 0.1) is 40.3 Å². The second-order valence-electron chi connectivity index (χ2n) is 17.3. The second-order valence-corrected chi connectivity index (χ2v) is 17.3. The molecule has 2 unspecified atom stereocenters. The van der Waals surface area contributed by atoms with Crippen molar-refractivity contribution in [3.05, 3.63) is 36.5 Å². The minimum absolute atomic E-state index is 0.0375. The summed E-state index contributed by atoms with van der Waals surface area (Å²) >= 11 is 0. The number of allylic oxidation sites excluding steroid dienone is 6. The standard InChI is InChI=1S/C50H91NO7/c1-6-8-10-12-14-16-18-20-22-24-26-28-30-32-34-36-38-40-48(52)57-45-46(44-56-43-42-47(50(54)55)51(3,4)5)58-49(53)41-39-37-35-33-31-29-27-25-23-21-19-17-15-13-11-9-7-2/h15,17,20-23,46-47H,6-14,16,18-19,24-45H2,1-5H3/b17-15+,22-20+,23-21+. The molecule has 0 saturated heterocycles. The maximum Gasteiger partial charge on any atom is 0.306 e. The summed E-state index contributed by atoms with van der Waals surface area (Å²) in [5.74, 6) is -1.74. The summed E-state index contributed by atoms with van der Waals surface area (Å²) in [5, 5.41) is 11.6. The molecule has 0 heterocycles. The summed E-state index contributed by atoms with van der Waals surface area (Å²) < 4.78 is 17.2. The number of hydrogen-bond donors (Lipinski definition) is 0. The van der Waals surface area contributed by atoms with Crippen LogP contribution in [-0.4, -0.2) is 75.5 Å². The van der Waals surface area contributed by atoms with Gasteiger partial charge in [0.2, 0.25) is 0 Å². The van der Waals surface area contributed by atoms with E-state index in [-0.39, 0.29) is 42.7 Å². The highest BCUT2D eigenvalue weighted by Gasteiger charge is 2.25. The lowest BCUT2D eigenvalue weighted by atomic mass is 10.1. The Hall–Kier alpha value is -2.45. The number of likely N-dealkylation sites (N-methyl/N-ethyl adjacent to an activating group) is 1. The average Bonchev–Trinajstić information content (AvgIpc) is 3.18. The van der Waals surface area contributed by atoms with Crippen LogP contribution in [0.15, 0.2) is 36.5 Å². The van der Waals surface area contributed by atoms with Gasteiger partial charge in [-0.15, -0.1) is 0 Å². The van der Waals surface area contributed by atoms with Gasteiger partial charge in [-0.3, -0.25) is 9.59 Å². The molecule has 0 aliphatic rings. The first-order valence-corrected chi connectivity index (χ1v) is 24.0. The Bertz CT molecular complexity index is 1050. The molecule has 0 aromatic rings. The van der Waals surface area contributed by atoms with E-state index < -0.39 is 18.1 Å². The fourth-order valence-corrected chi connectivity index (χ4v) is 6.98. The van der Waals surface area contributed by atoms with Crippen LogP contribution in [0.1, 0.15) is 213 Å². The van der Waals surface area contributed by atoms with Crippen LogP contribution in [0, 0.1) is 0 Å². The van der Waals surface area contributed by atoms with Gasteiger partial charge in [0.1, 0.15) is 12.6 Å². The highest BCUT2D eigenvalue weighted by molar-refractivity contribution is 5.70. The molecule has 0 spiro atoms. The second kappa shape index (κ2) is 41.3. The van der Waals surface area contributed by atoms with Crippen molar-refractivity contribution in [1.29, 1.82) is 0 Å². The summed E-state index contributed by atoms with van der Waals surface area (Å²) in [6, 6.07) is -0.727. The molecule has 8 nitrogen and oxygen atoms in total. The van der Waals surface area contributed by atoms with Gasteiger partial charge in [0.15, 0.2) is 6.10 Å². The van der Waals surface area contributed by atoms with Gasteiger partial charge in [-0.25, -0.2) is 0 Å². The van der Waals surface area contributed by atoms with E-state index in [1.54, 1.807) is 21.1 Å². The molecular formula is C50H91NO7. The Morgan fingerprint density at radius 1 is 0.517 bits per heavy atom. The maximum absolute atomic E-state index is 12.7. The van der Waals surface area contributed by atoms with Crippen molar-refractivity contribution < 1.29 is 38.2 Å². The molecule has 8 heteroatoms. The van der Waals surface area contributed by atoms with Crippen LogP contribution in [-0.2, 0) is 28.6 Å². The minimum atomic E-state index is -1.13. The van der Waals surface area contributed by atoms with E-state index in [9.17, 15) is 19.5 Å². The third-order valence-corrected chi connectivity index (χ3v) is 10.7. The number of carboxylic acids is 1. The Morgan fingerprint density at radius 2 is 0.914 bits per heavy atom. The first-order chi connectivity index (χ1) is 28.1. The Labute approximate surface area is 357 Å². The molecule has 0 N–H and O–H groups in total. The fraction of sp³-hybridized carbons (Fsp3) is 0.820. The molecule has 0 bridgehead atoms. The van der Waals surface area contributed by atoms with E-state index in [0.717, 1.165) is 51.4 Å². The van der Waals surface area contributed by atoms with E-state index in [2.05, 4.69) is 50.3 Å². The zero-order valence-corrected chi connectivity index (χ0v) is 38.5. The lowest BCUT2D eigenvalue weighted by Gasteiger charge is -2.34. The van der Waals surface area contributed by atoms with E-state index >= 15 is 0 Å². The normalized spacial score (nSPS) is 13.2. The maximum atomic E-state index is 12.7. The number of quaternary nitrogens is 1. The number of aliphatic carboxylic acids is 1. The van der Waals surface area contributed by atoms with Crippen LogP contribution in [0.3, 0.4) is 0 Å². The van der Waals surface area contributed by atoms with Crippen LogP contribution in [0.5, 0.6) is 0 Å². The number of hydrogen-bond acceptors (Lipinski definition) is 7. The smallest absolute Gasteiger partial charge is 0.306 e. The quantitative estimate of drug-likeness (QED) is 0.0261. The van der Waals surface area contributed by atoms with E-state index in [0.29, 0.717) is 12.8 Å². The molecule has 0 amide bonds. The Kier molecular flexibility index (Phi) is 39.5. The summed E-state index contributed by atoms with van der Waals surface area (Å²) in [5.41, 5.74) is 0. The molecule has 0 rings (SSSR count). The van der Waals surface area contributed by atoms with Crippen molar-refractivity contribution in [1.82, 2.24) is 0 Å².